The van der Waals surface area contributed by atoms with Gasteiger partial charge in [0, 0.05) is 17.6 Å². The molecule has 1 aliphatic rings. The number of carbonyl (C=O) groups excluding carboxylic acids is 1. The van der Waals surface area contributed by atoms with Crippen LogP contribution in [0.2, 0.25) is 0 Å². The molecule has 4 nitrogen and oxygen atoms in total. The highest BCUT2D eigenvalue weighted by Crippen LogP contribution is 2.37. The number of carbonyl (C=O) groups is 1. The van der Waals surface area contributed by atoms with Crippen LogP contribution in [-0.4, -0.2) is 41.2 Å². The Morgan fingerprint density at radius 1 is 0.897 bits per heavy atom. The Balaban J connectivity index is 2.11. The van der Waals surface area contributed by atoms with Crippen molar-refractivity contribution in [2.24, 2.45) is 0 Å². The van der Waals surface area contributed by atoms with Crippen LogP contribution in [0.5, 0.6) is 0 Å². The van der Waals surface area contributed by atoms with Crippen LogP contribution in [-0.2, 0) is 9.31 Å². The van der Waals surface area contributed by atoms with E-state index in [0.717, 1.165) is 27.4 Å². The summed E-state index contributed by atoms with van der Waals surface area (Å²) in [5.41, 5.74) is 2.02. The topological polar surface area (TPSA) is 38.8 Å². The number of amides is 1. The molecule has 156 valence electrons. The van der Waals surface area contributed by atoms with Crippen molar-refractivity contribution in [3.05, 3.63) is 41.5 Å². The number of benzene rings is 2. The molecule has 0 N–H and O–H groups in total. The fourth-order valence-electron chi connectivity index (χ4n) is 4.03. The highest BCUT2D eigenvalue weighted by molar-refractivity contribution is 6.62. The zero-order valence-corrected chi connectivity index (χ0v) is 19.3. The van der Waals surface area contributed by atoms with Crippen LogP contribution in [0.4, 0.5) is 0 Å². The zero-order valence-electron chi connectivity index (χ0n) is 19.3. The lowest BCUT2D eigenvalue weighted by atomic mass is 9.77. The fraction of sp³-hybridized carbons (Fsp3) is 0.542. The lowest BCUT2D eigenvalue weighted by Gasteiger charge is -2.32. The molecule has 0 aromatic heterocycles. The first-order chi connectivity index (χ1) is 13.4. The van der Waals surface area contributed by atoms with E-state index in [1.807, 2.05) is 23.1 Å². The van der Waals surface area contributed by atoms with Gasteiger partial charge >= 0.3 is 7.12 Å². The van der Waals surface area contributed by atoms with Gasteiger partial charge in [-0.1, -0.05) is 24.3 Å². The summed E-state index contributed by atoms with van der Waals surface area (Å²) < 4.78 is 12.5. The van der Waals surface area contributed by atoms with Crippen LogP contribution < -0.4 is 5.46 Å². The highest BCUT2D eigenvalue weighted by Gasteiger charge is 2.51. The molecule has 2 aromatic rings. The molecule has 2 aromatic carbocycles. The molecule has 0 bridgehead atoms. The maximum absolute atomic E-state index is 13.5. The maximum atomic E-state index is 13.5. The van der Waals surface area contributed by atoms with Crippen molar-refractivity contribution in [1.82, 2.24) is 4.90 Å². The summed E-state index contributed by atoms with van der Waals surface area (Å²) >= 11 is 0. The molecule has 0 radical (unpaired) electrons. The van der Waals surface area contributed by atoms with Crippen LogP contribution in [0.15, 0.2) is 30.3 Å². The van der Waals surface area contributed by atoms with Crippen molar-refractivity contribution >= 4 is 29.3 Å². The molecule has 1 amide bonds. The molecule has 5 heteroatoms. The van der Waals surface area contributed by atoms with E-state index in [2.05, 4.69) is 74.4 Å². The Morgan fingerprint density at radius 2 is 1.45 bits per heavy atom. The Morgan fingerprint density at radius 3 is 1.97 bits per heavy atom. The lowest BCUT2D eigenvalue weighted by molar-refractivity contribution is 0.00578. The minimum atomic E-state index is -0.445. The molecular formula is C24H34BNO3. The Kier molecular flexibility index (Phi) is 5.61. The van der Waals surface area contributed by atoms with Gasteiger partial charge in [-0.05, 0) is 90.2 Å². The van der Waals surface area contributed by atoms with Crippen molar-refractivity contribution in [1.29, 1.82) is 0 Å². The van der Waals surface area contributed by atoms with Crippen LogP contribution in [0.3, 0.4) is 0 Å². The summed E-state index contributed by atoms with van der Waals surface area (Å²) in [7, 11) is -0.445. The summed E-state index contributed by atoms with van der Waals surface area (Å²) in [5.74, 6) is 0.0612. The zero-order chi connectivity index (χ0) is 21.7. The molecule has 1 fully saturated rings. The molecule has 1 aliphatic heterocycles. The van der Waals surface area contributed by atoms with E-state index in [-0.39, 0.29) is 18.0 Å². The SMILES string of the molecule is Cc1ccc(C(=O)N(C(C)C)C(C)C)c2cc(B3OC(C)(C)C(C)(C)O3)ccc12. The molecule has 1 saturated heterocycles. The molecule has 29 heavy (non-hydrogen) atoms. The average Bonchev–Trinajstić information content (AvgIpc) is 2.82. The number of hydrogen-bond donors (Lipinski definition) is 0. The molecule has 0 unspecified atom stereocenters. The Bertz CT molecular complexity index is 909. The average molecular weight is 395 g/mol. The third kappa shape index (κ3) is 3.83. The molecule has 0 saturated carbocycles. The van der Waals surface area contributed by atoms with E-state index < -0.39 is 18.3 Å². The Labute approximate surface area is 175 Å². The molecule has 0 spiro atoms. The van der Waals surface area contributed by atoms with Crippen LogP contribution >= 0.6 is 0 Å². The summed E-state index contributed by atoms with van der Waals surface area (Å²) in [6.07, 6.45) is 0. The van der Waals surface area contributed by atoms with E-state index in [1.54, 1.807) is 0 Å². The summed E-state index contributed by atoms with van der Waals surface area (Å²) in [4.78, 5) is 15.4. The quantitative estimate of drug-likeness (QED) is 0.704. The largest absolute Gasteiger partial charge is 0.494 e. The highest BCUT2D eigenvalue weighted by atomic mass is 16.7. The first-order valence-electron chi connectivity index (χ1n) is 10.6. The second-order valence-electron chi connectivity index (χ2n) is 9.72. The molecular weight excluding hydrogens is 361 g/mol. The minimum absolute atomic E-state index is 0.0612. The monoisotopic (exact) mass is 395 g/mol. The standard InChI is InChI=1S/C24H34BNO3/c1-15(2)26(16(3)4)22(27)20-12-10-17(5)19-13-11-18(14-21(19)20)25-28-23(6,7)24(8,9)29-25/h10-16H,1-9H3. The summed E-state index contributed by atoms with van der Waals surface area (Å²) in [6, 6.07) is 10.4. The van der Waals surface area contributed by atoms with E-state index in [4.69, 9.17) is 9.31 Å². The van der Waals surface area contributed by atoms with Gasteiger partial charge in [-0.2, -0.15) is 0 Å². The normalized spacial score (nSPS) is 18.1. The molecule has 0 aliphatic carbocycles. The lowest BCUT2D eigenvalue weighted by Crippen LogP contribution is -2.42. The predicted octanol–water partition coefficient (Wildman–Crippen LogP) is 4.71. The van der Waals surface area contributed by atoms with Gasteiger partial charge in [0.05, 0.1) is 11.2 Å². The smallest absolute Gasteiger partial charge is 0.399 e. The maximum Gasteiger partial charge on any atom is 0.494 e. The number of hydrogen-bond acceptors (Lipinski definition) is 3. The number of aryl methyl sites for hydroxylation is 1. The number of nitrogens with zero attached hydrogens (tertiary/aromatic N) is 1. The van der Waals surface area contributed by atoms with Crippen molar-refractivity contribution in [2.75, 3.05) is 0 Å². The van der Waals surface area contributed by atoms with Gasteiger partial charge in [-0.3, -0.25) is 4.79 Å². The third-order valence-corrected chi connectivity index (χ3v) is 6.36. The van der Waals surface area contributed by atoms with Crippen molar-refractivity contribution in [3.63, 3.8) is 0 Å². The first-order valence-corrected chi connectivity index (χ1v) is 10.6. The predicted molar refractivity (Wildman–Crippen MR) is 121 cm³/mol. The fourth-order valence-corrected chi connectivity index (χ4v) is 4.03. The first kappa shape index (κ1) is 21.9. The van der Waals surface area contributed by atoms with Gasteiger partial charge in [0.25, 0.3) is 5.91 Å². The van der Waals surface area contributed by atoms with Gasteiger partial charge < -0.3 is 14.2 Å². The van der Waals surface area contributed by atoms with E-state index >= 15 is 0 Å². The van der Waals surface area contributed by atoms with E-state index in [0.29, 0.717) is 0 Å². The van der Waals surface area contributed by atoms with Gasteiger partial charge in [-0.15, -0.1) is 0 Å². The number of rotatable bonds is 4. The molecule has 3 rings (SSSR count). The molecule has 1 heterocycles. The van der Waals surface area contributed by atoms with Gasteiger partial charge in [0.2, 0.25) is 0 Å². The second-order valence-corrected chi connectivity index (χ2v) is 9.72. The summed E-state index contributed by atoms with van der Waals surface area (Å²) in [6.45, 7) is 18.5. The van der Waals surface area contributed by atoms with Gasteiger partial charge in [0.1, 0.15) is 0 Å². The van der Waals surface area contributed by atoms with Crippen molar-refractivity contribution in [2.45, 2.75) is 85.6 Å². The minimum Gasteiger partial charge on any atom is -0.399 e. The Hall–Kier alpha value is -1.85. The number of fused-ring (bicyclic) bond motifs is 1. The van der Waals surface area contributed by atoms with Crippen molar-refractivity contribution < 1.29 is 14.1 Å². The van der Waals surface area contributed by atoms with E-state index in [1.165, 1.54) is 0 Å². The van der Waals surface area contributed by atoms with Crippen LogP contribution in [0.25, 0.3) is 10.8 Å². The molecule has 0 atom stereocenters. The van der Waals surface area contributed by atoms with Crippen LogP contribution in [0, 0.1) is 6.92 Å². The van der Waals surface area contributed by atoms with Crippen molar-refractivity contribution in [3.8, 4) is 0 Å². The third-order valence-electron chi connectivity index (χ3n) is 6.36. The van der Waals surface area contributed by atoms with Gasteiger partial charge in [0.15, 0.2) is 0 Å². The summed E-state index contributed by atoms with van der Waals surface area (Å²) in [5, 5.41) is 2.04. The second kappa shape index (κ2) is 7.44. The van der Waals surface area contributed by atoms with Crippen LogP contribution in [0.1, 0.15) is 71.3 Å². The van der Waals surface area contributed by atoms with E-state index in [9.17, 15) is 4.79 Å². The van der Waals surface area contributed by atoms with Gasteiger partial charge in [-0.25, -0.2) is 0 Å².